The monoisotopic (exact) mass is 497 g/mol. The van der Waals surface area contributed by atoms with E-state index in [1.807, 2.05) is 0 Å². The molecule has 0 aliphatic rings. The highest BCUT2D eigenvalue weighted by molar-refractivity contribution is 7.16. The van der Waals surface area contributed by atoms with Gasteiger partial charge in [-0.05, 0) is 32.4 Å². The third kappa shape index (κ3) is 5.36. The minimum atomic E-state index is -6.07. The van der Waals surface area contributed by atoms with E-state index in [1.54, 1.807) is 13.8 Å². The molecule has 2 aromatic heterocycles. The maximum absolute atomic E-state index is 13.2. The molecular weight excluding hydrogens is 476 g/mol. The SMILES string of the molecule is C=C(NCC(C)(C)O)c1nc(C(C)=O)c(-c2cnc(C(O)(C(F)(F)F)C(F)(F)F)cc2C)s1. The molecule has 2 heterocycles. The number of aryl methyl sites for hydroxylation is 1. The van der Waals surface area contributed by atoms with E-state index in [0.29, 0.717) is 6.07 Å². The van der Waals surface area contributed by atoms with Crippen LogP contribution in [0.25, 0.3) is 16.1 Å². The number of carbonyl (C=O) groups is 1. The molecule has 0 aliphatic carbocycles. The van der Waals surface area contributed by atoms with Crippen molar-refractivity contribution in [3.8, 4) is 10.4 Å². The number of alkyl halides is 6. The maximum Gasteiger partial charge on any atom is 0.432 e. The van der Waals surface area contributed by atoms with Gasteiger partial charge in [-0.2, -0.15) is 26.3 Å². The van der Waals surface area contributed by atoms with Gasteiger partial charge in [-0.15, -0.1) is 11.3 Å². The van der Waals surface area contributed by atoms with E-state index in [2.05, 4.69) is 21.9 Å². The highest BCUT2D eigenvalue weighted by atomic mass is 32.1. The number of hydrogen-bond donors (Lipinski definition) is 3. The second kappa shape index (κ2) is 8.69. The lowest BCUT2D eigenvalue weighted by Gasteiger charge is -2.32. The molecule has 3 N–H and O–H groups in total. The Hall–Kier alpha value is -2.51. The summed E-state index contributed by atoms with van der Waals surface area (Å²) in [5.41, 5.74) is -7.76. The second-order valence-corrected chi connectivity index (χ2v) is 8.99. The number of aliphatic hydroxyl groups is 2. The van der Waals surface area contributed by atoms with Crippen LogP contribution in [-0.4, -0.2) is 50.5 Å². The molecule has 0 saturated heterocycles. The van der Waals surface area contributed by atoms with E-state index in [1.165, 1.54) is 13.8 Å². The van der Waals surface area contributed by atoms with E-state index < -0.39 is 35.0 Å². The fourth-order valence-corrected chi connectivity index (χ4v) is 3.85. The zero-order valence-corrected chi connectivity index (χ0v) is 18.8. The van der Waals surface area contributed by atoms with Gasteiger partial charge in [-0.1, -0.05) is 6.58 Å². The molecule has 2 rings (SSSR count). The first-order valence-electron chi connectivity index (χ1n) is 9.30. The predicted octanol–water partition coefficient (Wildman–Crippen LogP) is 4.36. The van der Waals surface area contributed by atoms with E-state index >= 15 is 0 Å². The summed E-state index contributed by atoms with van der Waals surface area (Å²) in [6.45, 7) is 9.37. The zero-order valence-electron chi connectivity index (χ0n) is 17.9. The standard InChI is InChI=1S/C20H21F6N3O3S/c1-9-6-13(18(32,19(21,22)23)20(24,25)26)27-7-12(9)15-14(11(3)30)29-16(33-15)10(2)28-8-17(4,5)31/h6-7,28,31-32H,2,8H2,1,3-5H3. The first-order chi connectivity index (χ1) is 14.8. The van der Waals surface area contributed by atoms with E-state index in [4.69, 9.17) is 0 Å². The van der Waals surface area contributed by atoms with E-state index in [-0.39, 0.29) is 38.9 Å². The largest absolute Gasteiger partial charge is 0.432 e. The fourth-order valence-electron chi connectivity index (χ4n) is 2.71. The van der Waals surface area contributed by atoms with Crippen LogP contribution in [0.2, 0.25) is 0 Å². The Labute approximate surface area is 189 Å². The molecule has 0 spiro atoms. The summed E-state index contributed by atoms with van der Waals surface area (Å²) >= 11 is 0.916. The van der Waals surface area contributed by atoms with Crippen LogP contribution in [0.5, 0.6) is 0 Å². The molecular formula is C20H21F6N3O3S. The number of nitrogens with zero attached hydrogens (tertiary/aromatic N) is 2. The minimum absolute atomic E-state index is 0.0645. The Bertz CT molecular complexity index is 1060. The lowest BCUT2D eigenvalue weighted by molar-refractivity contribution is -0.377. The maximum atomic E-state index is 13.2. The van der Waals surface area contributed by atoms with E-state index in [9.17, 15) is 41.4 Å². The highest BCUT2D eigenvalue weighted by Crippen LogP contribution is 2.50. The van der Waals surface area contributed by atoms with Crippen molar-refractivity contribution >= 4 is 22.8 Å². The van der Waals surface area contributed by atoms with Crippen molar-refractivity contribution < 1.29 is 41.4 Å². The number of halogens is 6. The van der Waals surface area contributed by atoms with Crippen molar-refractivity contribution in [2.75, 3.05) is 6.54 Å². The van der Waals surface area contributed by atoms with Gasteiger partial charge in [0.15, 0.2) is 5.78 Å². The molecule has 6 nitrogen and oxygen atoms in total. The molecule has 0 radical (unpaired) electrons. The molecule has 2 aromatic rings. The highest BCUT2D eigenvalue weighted by Gasteiger charge is 2.72. The Morgan fingerprint density at radius 3 is 2.12 bits per heavy atom. The van der Waals surface area contributed by atoms with Gasteiger partial charge >= 0.3 is 12.4 Å². The minimum Gasteiger partial charge on any atom is -0.389 e. The fraction of sp³-hybridized carbons (Fsp3) is 0.450. The molecule has 0 unspecified atom stereocenters. The van der Waals surface area contributed by atoms with Crippen LogP contribution in [0, 0.1) is 6.92 Å². The van der Waals surface area contributed by atoms with Crippen LogP contribution in [-0.2, 0) is 5.60 Å². The van der Waals surface area contributed by atoms with Gasteiger partial charge in [0, 0.05) is 25.2 Å². The lowest BCUT2D eigenvalue weighted by Crippen LogP contribution is -2.54. The molecule has 0 aromatic carbocycles. The number of hydrogen-bond acceptors (Lipinski definition) is 7. The van der Waals surface area contributed by atoms with Crippen molar-refractivity contribution in [2.24, 2.45) is 0 Å². The van der Waals surface area contributed by atoms with Gasteiger partial charge < -0.3 is 15.5 Å². The van der Waals surface area contributed by atoms with Gasteiger partial charge in [0.25, 0.3) is 5.60 Å². The number of rotatable bonds is 7. The quantitative estimate of drug-likeness (QED) is 0.389. The first kappa shape index (κ1) is 26.7. The van der Waals surface area contributed by atoms with Crippen molar-refractivity contribution in [3.63, 3.8) is 0 Å². The zero-order chi connectivity index (χ0) is 25.6. The molecule has 13 heteroatoms. The number of pyridine rings is 1. The predicted molar refractivity (Wildman–Crippen MR) is 109 cm³/mol. The van der Waals surface area contributed by atoms with Crippen LogP contribution in [0.4, 0.5) is 26.3 Å². The Morgan fingerprint density at radius 2 is 1.70 bits per heavy atom. The molecule has 0 amide bonds. The average molecular weight is 497 g/mol. The Balaban J connectivity index is 2.57. The normalized spacial score (nSPS) is 13.2. The molecule has 182 valence electrons. The molecule has 0 atom stereocenters. The Kier molecular flexibility index (Phi) is 7.04. The smallest absolute Gasteiger partial charge is 0.389 e. The summed E-state index contributed by atoms with van der Waals surface area (Å²) in [5, 5.41) is 22.5. The molecule has 0 aliphatic heterocycles. The number of nitrogens with one attached hydrogen (secondary N) is 1. The summed E-state index contributed by atoms with van der Waals surface area (Å²) in [4.78, 5) is 19.7. The van der Waals surface area contributed by atoms with Gasteiger partial charge in [-0.25, -0.2) is 4.98 Å². The summed E-state index contributed by atoms with van der Waals surface area (Å²) in [7, 11) is 0. The van der Waals surface area contributed by atoms with Crippen molar-refractivity contribution in [3.05, 3.63) is 40.8 Å². The summed E-state index contributed by atoms with van der Waals surface area (Å²) in [6.07, 6.45) is -11.4. The van der Waals surface area contributed by atoms with Crippen LogP contribution in [0.1, 0.15) is 47.5 Å². The summed E-state index contributed by atoms with van der Waals surface area (Å²) in [6, 6.07) is 0.473. The van der Waals surface area contributed by atoms with Crippen LogP contribution in [0.3, 0.4) is 0 Å². The topological polar surface area (TPSA) is 95.3 Å². The van der Waals surface area contributed by atoms with Crippen molar-refractivity contribution in [2.45, 2.75) is 51.2 Å². The second-order valence-electron chi connectivity index (χ2n) is 7.99. The first-order valence-corrected chi connectivity index (χ1v) is 10.1. The number of ketones is 1. The van der Waals surface area contributed by atoms with Gasteiger partial charge in [-0.3, -0.25) is 9.78 Å². The molecule has 0 bridgehead atoms. The van der Waals surface area contributed by atoms with Crippen molar-refractivity contribution in [1.82, 2.24) is 15.3 Å². The van der Waals surface area contributed by atoms with Gasteiger partial charge in [0.2, 0.25) is 0 Å². The molecule has 0 saturated carbocycles. The number of thiazole rings is 1. The molecule has 0 fully saturated rings. The van der Waals surface area contributed by atoms with Crippen LogP contribution < -0.4 is 5.32 Å². The summed E-state index contributed by atoms with van der Waals surface area (Å²) < 4.78 is 79.0. The number of aromatic nitrogens is 2. The van der Waals surface area contributed by atoms with Gasteiger partial charge in [0.1, 0.15) is 10.7 Å². The summed E-state index contributed by atoms with van der Waals surface area (Å²) in [5.74, 6) is -0.506. The van der Waals surface area contributed by atoms with Crippen molar-refractivity contribution in [1.29, 1.82) is 0 Å². The third-order valence-electron chi connectivity index (χ3n) is 4.50. The lowest BCUT2D eigenvalue weighted by atomic mass is 9.95. The van der Waals surface area contributed by atoms with Crippen LogP contribution in [0.15, 0.2) is 18.8 Å². The molecule has 33 heavy (non-hydrogen) atoms. The number of Topliss-reactive ketones (excluding diaryl/α,β-unsaturated/α-hetero) is 1. The van der Waals surface area contributed by atoms with Crippen LogP contribution >= 0.6 is 11.3 Å². The Morgan fingerprint density at radius 1 is 1.15 bits per heavy atom. The third-order valence-corrected chi connectivity index (χ3v) is 5.65. The average Bonchev–Trinajstić information content (AvgIpc) is 3.08. The van der Waals surface area contributed by atoms with E-state index in [0.717, 1.165) is 17.5 Å². The number of carbonyl (C=O) groups excluding carboxylic acids is 1. The van der Waals surface area contributed by atoms with Gasteiger partial charge in [0.05, 0.1) is 21.9 Å².